The van der Waals surface area contributed by atoms with E-state index in [0.29, 0.717) is 12.8 Å². The lowest BCUT2D eigenvalue weighted by molar-refractivity contribution is -0.121. The molecule has 0 spiro atoms. The van der Waals surface area contributed by atoms with Crippen molar-refractivity contribution in [2.24, 2.45) is 7.05 Å². The molecule has 0 aliphatic heterocycles. The molecule has 1 heterocycles. The van der Waals surface area contributed by atoms with Crippen molar-refractivity contribution in [1.29, 1.82) is 0 Å². The van der Waals surface area contributed by atoms with E-state index in [9.17, 15) is 4.79 Å². The van der Waals surface area contributed by atoms with Gasteiger partial charge < -0.3 is 14.6 Å². The topological polar surface area (TPSA) is 56.1 Å². The van der Waals surface area contributed by atoms with Crippen LogP contribution in [0.5, 0.6) is 5.75 Å². The molecule has 0 bridgehead atoms. The van der Waals surface area contributed by atoms with Crippen LogP contribution in [0.3, 0.4) is 0 Å². The number of methoxy groups -OCH3 is 1. The standard InChI is InChI=1S/C21H22BrN3O2/c1-25-13-12-23-21(25)20(16-6-4-3-5-7-16)24-19(26)11-9-15-8-10-18(27-2)17(22)14-15/h3-8,10,12-14,20H,9,11H2,1-2H3,(H,24,26). The predicted molar refractivity (Wildman–Crippen MR) is 109 cm³/mol. The van der Waals surface area contributed by atoms with Crippen molar-refractivity contribution < 1.29 is 9.53 Å². The zero-order valence-corrected chi connectivity index (χ0v) is 16.9. The first-order valence-electron chi connectivity index (χ1n) is 8.72. The van der Waals surface area contributed by atoms with Gasteiger partial charge in [0.05, 0.1) is 11.6 Å². The summed E-state index contributed by atoms with van der Waals surface area (Å²) in [4.78, 5) is 17.1. The Morgan fingerprint density at radius 1 is 1.26 bits per heavy atom. The van der Waals surface area contributed by atoms with Gasteiger partial charge in [0.1, 0.15) is 17.6 Å². The fourth-order valence-electron chi connectivity index (χ4n) is 2.95. The highest BCUT2D eigenvalue weighted by Gasteiger charge is 2.20. The van der Waals surface area contributed by atoms with Crippen LogP contribution in [0, 0.1) is 0 Å². The number of carbonyl (C=O) groups is 1. The zero-order valence-electron chi connectivity index (χ0n) is 15.4. The molecule has 0 aliphatic rings. The Balaban J connectivity index is 1.70. The molecule has 1 aromatic heterocycles. The van der Waals surface area contributed by atoms with Crippen LogP contribution >= 0.6 is 15.9 Å². The molecule has 3 rings (SSSR count). The Bertz CT molecular complexity index is 909. The van der Waals surface area contributed by atoms with Crippen molar-refractivity contribution >= 4 is 21.8 Å². The fraction of sp³-hybridized carbons (Fsp3) is 0.238. The van der Waals surface area contributed by atoms with Crippen LogP contribution in [0.15, 0.2) is 65.4 Å². The molecule has 0 fully saturated rings. The second kappa shape index (κ2) is 8.86. The van der Waals surface area contributed by atoms with Crippen LogP contribution < -0.4 is 10.1 Å². The Kier molecular flexibility index (Phi) is 6.29. The number of imidazole rings is 1. The molecule has 6 heteroatoms. The number of benzene rings is 2. The smallest absolute Gasteiger partial charge is 0.221 e. The third kappa shape index (κ3) is 4.77. The van der Waals surface area contributed by atoms with Gasteiger partial charge in [-0.1, -0.05) is 36.4 Å². The largest absolute Gasteiger partial charge is 0.496 e. The Morgan fingerprint density at radius 3 is 2.67 bits per heavy atom. The molecule has 3 aromatic rings. The minimum atomic E-state index is -0.277. The lowest BCUT2D eigenvalue weighted by Gasteiger charge is -2.19. The molecule has 1 N–H and O–H groups in total. The number of ether oxygens (including phenoxy) is 1. The quantitative estimate of drug-likeness (QED) is 0.618. The Morgan fingerprint density at radius 2 is 2.04 bits per heavy atom. The summed E-state index contributed by atoms with van der Waals surface area (Å²) in [6, 6.07) is 15.5. The van der Waals surface area contributed by atoms with Crippen LogP contribution in [0.1, 0.15) is 29.4 Å². The summed E-state index contributed by atoms with van der Waals surface area (Å²) in [5.74, 6) is 1.57. The monoisotopic (exact) mass is 427 g/mol. The molecule has 1 atom stereocenters. The lowest BCUT2D eigenvalue weighted by Crippen LogP contribution is -2.31. The van der Waals surface area contributed by atoms with Gasteiger partial charge in [-0.3, -0.25) is 4.79 Å². The lowest BCUT2D eigenvalue weighted by atomic mass is 10.0. The second-order valence-corrected chi connectivity index (χ2v) is 7.13. The SMILES string of the molecule is COc1ccc(CCC(=O)NC(c2ccccc2)c2nccn2C)cc1Br. The van der Waals surface area contributed by atoms with Gasteiger partial charge in [0, 0.05) is 25.9 Å². The van der Waals surface area contributed by atoms with Crippen molar-refractivity contribution in [1.82, 2.24) is 14.9 Å². The number of halogens is 1. The van der Waals surface area contributed by atoms with Crippen molar-refractivity contribution in [3.05, 3.63) is 82.3 Å². The third-order valence-electron chi connectivity index (χ3n) is 4.41. The van der Waals surface area contributed by atoms with E-state index in [0.717, 1.165) is 27.2 Å². The number of aromatic nitrogens is 2. The van der Waals surface area contributed by atoms with Gasteiger partial charge in [-0.25, -0.2) is 4.98 Å². The van der Waals surface area contributed by atoms with Crippen molar-refractivity contribution in [2.75, 3.05) is 7.11 Å². The van der Waals surface area contributed by atoms with E-state index in [-0.39, 0.29) is 11.9 Å². The maximum atomic E-state index is 12.6. The first-order valence-corrected chi connectivity index (χ1v) is 9.51. The average Bonchev–Trinajstić information content (AvgIpc) is 3.11. The molecule has 5 nitrogen and oxygen atoms in total. The fourth-order valence-corrected chi connectivity index (χ4v) is 3.54. The van der Waals surface area contributed by atoms with E-state index < -0.39 is 0 Å². The van der Waals surface area contributed by atoms with Crippen LogP contribution in [-0.4, -0.2) is 22.6 Å². The average molecular weight is 428 g/mol. The summed E-state index contributed by atoms with van der Waals surface area (Å²) >= 11 is 3.48. The van der Waals surface area contributed by atoms with Gasteiger partial charge in [0.15, 0.2) is 0 Å². The van der Waals surface area contributed by atoms with Gasteiger partial charge in [-0.05, 0) is 45.6 Å². The maximum absolute atomic E-state index is 12.6. The van der Waals surface area contributed by atoms with Crippen LogP contribution in [0.25, 0.3) is 0 Å². The number of amides is 1. The third-order valence-corrected chi connectivity index (χ3v) is 5.03. The summed E-state index contributed by atoms with van der Waals surface area (Å²) in [5, 5.41) is 3.13. The summed E-state index contributed by atoms with van der Waals surface area (Å²) in [5.41, 5.74) is 2.08. The van der Waals surface area contributed by atoms with Crippen LogP contribution in [0.2, 0.25) is 0 Å². The van der Waals surface area contributed by atoms with Gasteiger partial charge in [-0.15, -0.1) is 0 Å². The van der Waals surface area contributed by atoms with E-state index in [1.807, 2.05) is 66.3 Å². The highest BCUT2D eigenvalue weighted by molar-refractivity contribution is 9.10. The first-order chi connectivity index (χ1) is 13.1. The maximum Gasteiger partial charge on any atom is 0.221 e. The number of rotatable bonds is 7. The van der Waals surface area contributed by atoms with E-state index in [1.54, 1.807) is 13.3 Å². The number of nitrogens with zero attached hydrogens (tertiary/aromatic N) is 2. The normalized spacial score (nSPS) is 11.8. The van der Waals surface area contributed by atoms with Gasteiger partial charge in [-0.2, -0.15) is 0 Å². The molecule has 0 saturated heterocycles. The number of aryl methyl sites for hydroxylation is 2. The van der Waals surface area contributed by atoms with Crippen molar-refractivity contribution in [3.8, 4) is 5.75 Å². The summed E-state index contributed by atoms with van der Waals surface area (Å²) < 4.78 is 8.06. The van der Waals surface area contributed by atoms with Gasteiger partial charge >= 0.3 is 0 Å². The van der Waals surface area contributed by atoms with Gasteiger partial charge in [0.2, 0.25) is 5.91 Å². The summed E-state index contributed by atoms with van der Waals surface area (Å²) in [6.07, 6.45) is 4.67. The molecule has 1 unspecified atom stereocenters. The van der Waals surface area contributed by atoms with Crippen molar-refractivity contribution in [3.63, 3.8) is 0 Å². The molecule has 140 valence electrons. The molecule has 0 aliphatic carbocycles. The minimum Gasteiger partial charge on any atom is -0.496 e. The number of nitrogens with one attached hydrogen (secondary N) is 1. The second-order valence-electron chi connectivity index (χ2n) is 6.28. The first kappa shape index (κ1) is 19.2. The molecule has 1 amide bonds. The van der Waals surface area contributed by atoms with E-state index in [1.165, 1.54) is 0 Å². The van der Waals surface area contributed by atoms with Crippen LogP contribution in [0.4, 0.5) is 0 Å². The number of carbonyl (C=O) groups excluding carboxylic acids is 1. The van der Waals surface area contributed by atoms with Crippen LogP contribution in [-0.2, 0) is 18.3 Å². The Hall–Kier alpha value is -2.60. The highest BCUT2D eigenvalue weighted by Crippen LogP contribution is 2.26. The minimum absolute atomic E-state index is 0.0150. The molecular formula is C21H22BrN3O2. The molecule has 27 heavy (non-hydrogen) atoms. The number of hydrogen-bond donors (Lipinski definition) is 1. The summed E-state index contributed by atoms with van der Waals surface area (Å²) in [7, 11) is 3.56. The molecule has 2 aromatic carbocycles. The molecule has 0 radical (unpaired) electrons. The highest BCUT2D eigenvalue weighted by atomic mass is 79.9. The van der Waals surface area contributed by atoms with E-state index >= 15 is 0 Å². The predicted octanol–water partition coefficient (Wildman–Crippen LogP) is 4.03. The van der Waals surface area contributed by atoms with E-state index in [2.05, 4.69) is 26.2 Å². The zero-order chi connectivity index (χ0) is 19.2. The number of hydrogen-bond acceptors (Lipinski definition) is 3. The van der Waals surface area contributed by atoms with Crippen molar-refractivity contribution in [2.45, 2.75) is 18.9 Å². The van der Waals surface area contributed by atoms with E-state index in [4.69, 9.17) is 4.74 Å². The molecule has 0 saturated carbocycles. The summed E-state index contributed by atoms with van der Waals surface area (Å²) in [6.45, 7) is 0. The Labute approximate surface area is 167 Å². The molecular weight excluding hydrogens is 406 g/mol. The van der Waals surface area contributed by atoms with Gasteiger partial charge in [0.25, 0.3) is 0 Å².